The molecule has 0 aromatic carbocycles. The van der Waals surface area contributed by atoms with Crippen LogP contribution in [0.15, 0.2) is 12.1 Å². The number of anilines is 2. The molecule has 0 aliphatic carbocycles. The summed E-state index contributed by atoms with van der Waals surface area (Å²) in [6.45, 7) is 4.52. The smallest absolute Gasteiger partial charge is 0.409 e. The first kappa shape index (κ1) is 18.7. The van der Waals surface area contributed by atoms with E-state index in [1.807, 2.05) is 31.0 Å². The molecule has 0 unspecified atom stereocenters. The third-order valence-corrected chi connectivity index (χ3v) is 5.48. The molecule has 1 saturated heterocycles. The van der Waals surface area contributed by atoms with Crippen LogP contribution < -0.4 is 4.90 Å². The molecular weight excluding hydrogens is 360 g/mol. The number of rotatable bonds is 3. The van der Waals surface area contributed by atoms with Crippen LogP contribution in [0.4, 0.5) is 16.4 Å². The summed E-state index contributed by atoms with van der Waals surface area (Å²) in [6.07, 6.45) is 2.33. The van der Waals surface area contributed by atoms with Crippen molar-refractivity contribution in [2.24, 2.45) is 0 Å². The minimum absolute atomic E-state index is 0.312. The molecule has 0 bridgehead atoms. The van der Waals surface area contributed by atoms with Gasteiger partial charge in [-0.15, -0.1) is 5.10 Å². The fourth-order valence-electron chi connectivity index (χ4n) is 3.89. The summed E-state index contributed by atoms with van der Waals surface area (Å²) in [6, 6.07) is 4.18. The largest absolute Gasteiger partial charge is 0.453 e. The molecule has 150 valence electrons. The lowest BCUT2D eigenvalue weighted by Crippen LogP contribution is -2.37. The van der Waals surface area contributed by atoms with Gasteiger partial charge in [0.2, 0.25) is 0 Å². The molecule has 0 radical (unpaired) electrons. The van der Waals surface area contributed by atoms with Crippen LogP contribution in [-0.2, 0) is 22.4 Å². The highest BCUT2D eigenvalue weighted by atomic mass is 16.5. The van der Waals surface area contributed by atoms with Crippen LogP contribution in [0.1, 0.15) is 35.8 Å². The molecule has 2 aliphatic heterocycles. The summed E-state index contributed by atoms with van der Waals surface area (Å²) < 4.78 is 12.6. The number of amides is 1. The summed E-state index contributed by atoms with van der Waals surface area (Å²) >= 11 is 0. The van der Waals surface area contributed by atoms with Crippen LogP contribution >= 0.6 is 0 Å². The van der Waals surface area contributed by atoms with E-state index in [2.05, 4.69) is 14.9 Å². The summed E-state index contributed by atoms with van der Waals surface area (Å²) in [7, 11) is 3.35. The van der Waals surface area contributed by atoms with Gasteiger partial charge < -0.3 is 19.3 Å². The van der Waals surface area contributed by atoms with Gasteiger partial charge in [0.15, 0.2) is 11.6 Å². The van der Waals surface area contributed by atoms with Crippen molar-refractivity contribution in [1.82, 2.24) is 24.9 Å². The van der Waals surface area contributed by atoms with Gasteiger partial charge in [-0.3, -0.25) is 4.68 Å². The maximum absolute atomic E-state index is 12.1. The highest BCUT2D eigenvalue weighted by molar-refractivity contribution is 5.69. The Morgan fingerprint density at radius 3 is 2.75 bits per heavy atom. The lowest BCUT2D eigenvalue weighted by Gasteiger charge is -2.29. The van der Waals surface area contributed by atoms with Crippen molar-refractivity contribution < 1.29 is 14.3 Å². The molecule has 1 fully saturated rings. The number of fused-ring (bicyclic) bond motifs is 1. The Morgan fingerprint density at radius 2 is 2.07 bits per heavy atom. The standard InChI is InChI=1S/C19H26N6O3/c1-13-4-5-17(21-20-13)23(2)18-15-12-24(19(26)27-3)9-6-16(15)25(22-18)14-7-10-28-11-8-14/h4-5,14H,6-12H2,1-3H3. The Bertz CT molecular complexity index is 844. The normalized spacial score (nSPS) is 17.3. The van der Waals surface area contributed by atoms with Gasteiger partial charge >= 0.3 is 6.09 Å². The summed E-state index contributed by atoms with van der Waals surface area (Å²) in [4.78, 5) is 15.8. The topological polar surface area (TPSA) is 85.6 Å². The van der Waals surface area contributed by atoms with Crippen LogP contribution in [-0.4, -0.2) is 64.9 Å². The lowest BCUT2D eigenvalue weighted by atomic mass is 10.0. The number of carbonyl (C=O) groups excluding carboxylic acids is 1. The quantitative estimate of drug-likeness (QED) is 0.799. The third-order valence-electron chi connectivity index (χ3n) is 5.48. The van der Waals surface area contributed by atoms with Crippen molar-refractivity contribution in [2.45, 2.75) is 38.8 Å². The number of methoxy groups -OCH3 is 1. The summed E-state index contributed by atoms with van der Waals surface area (Å²) in [5, 5.41) is 13.4. The predicted octanol–water partition coefficient (Wildman–Crippen LogP) is 2.23. The molecule has 1 amide bonds. The SMILES string of the molecule is COC(=O)N1CCc2c(c(N(C)c3ccc(C)nn3)nn2C2CCOCC2)C1. The molecule has 0 atom stereocenters. The molecule has 0 saturated carbocycles. The molecule has 2 aromatic heterocycles. The summed E-state index contributed by atoms with van der Waals surface area (Å²) in [5.41, 5.74) is 3.10. The molecule has 4 heterocycles. The van der Waals surface area contributed by atoms with Crippen LogP contribution in [0.5, 0.6) is 0 Å². The van der Waals surface area contributed by atoms with Gasteiger partial charge in [-0.1, -0.05) is 0 Å². The van der Waals surface area contributed by atoms with Gasteiger partial charge in [0, 0.05) is 44.5 Å². The first-order valence-corrected chi connectivity index (χ1v) is 9.63. The van der Waals surface area contributed by atoms with E-state index in [0.29, 0.717) is 19.1 Å². The van der Waals surface area contributed by atoms with Crippen molar-refractivity contribution in [3.8, 4) is 0 Å². The minimum atomic E-state index is -0.312. The van der Waals surface area contributed by atoms with Gasteiger partial charge in [-0.25, -0.2) is 4.79 Å². The fraction of sp³-hybridized carbons (Fsp3) is 0.579. The number of carbonyl (C=O) groups is 1. The molecule has 28 heavy (non-hydrogen) atoms. The number of nitrogens with zero attached hydrogens (tertiary/aromatic N) is 6. The maximum Gasteiger partial charge on any atom is 0.409 e. The van der Waals surface area contributed by atoms with Gasteiger partial charge in [0.25, 0.3) is 0 Å². The van der Waals surface area contributed by atoms with Crippen molar-refractivity contribution >= 4 is 17.7 Å². The first-order chi connectivity index (χ1) is 13.6. The van der Waals surface area contributed by atoms with Crippen LogP contribution in [0.3, 0.4) is 0 Å². The highest BCUT2D eigenvalue weighted by Gasteiger charge is 2.32. The number of aromatic nitrogens is 4. The second-order valence-corrected chi connectivity index (χ2v) is 7.27. The zero-order chi connectivity index (χ0) is 19.7. The van der Waals surface area contributed by atoms with E-state index in [4.69, 9.17) is 14.6 Å². The third kappa shape index (κ3) is 3.42. The second kappa shape index (κ2) is 7.75. The molecule has 9 heteroatoms. The minimum Gasteiger partial charge on any atom is -0.453 e. The fourth-order valence-corrected chi connectivity index (χ4v) is 3.89. The lowest BCUT2D eigenvalue weighted by molar-refractivity contribution is 0.0649. The Morgan fingerprint density at radius 1 is 1.29 bits per heavy atom. The van der Waals surface area contributed by atoms with Crippen molar-refractivity contribution in [3.63, 3.8) is 0 Å². The van der Waals surface area contributed by atoms with Crippen LogP contribution in [0.2, 0.25) is 0 Å². The van der Waals surface area contributed by atoms with E-state index in [-0.39, 0.29) is 6.09 Å². The number of ether oxygens (including phenoxy) is 2. The number of aryl methyl sites for hydroxylation is 1. The monoisotopic (exact) mass is 386 g/mol. The van der Waals surface area contributed by atoms with Crippen molar-refractivity contribution in [2.75, 3.05) is 38.8 Å². The molecular formula is C19H26N6O3. The average molecular weight is 386 g/mol. The zero-order valence-electron chi connectivity index (χ0n) is 16.6. The molecule has 0 N–H and O–H groups in total. The van der Waals surface area contributed by atoms with Crippen molar-refractivity contribution in [3.05, 3.63) is 29.1 Å². The van der Waals surface area contributed by atoms with E-state index in [1.165, 1.54) is 12.8 Å². The Kier molecular flexibility index (Phi) is 5.17. The van der Waals surface area contributed by atoms with Gasteiger partial charge in [0.05, 0.1) is 25.4 Å². The number of hydrogen-bond acceptors (Lipinski definition) is 7. The predicted molar refractivity (Wildman–Crippen MR) is 103 cm³/mol. The van der Waals surface area contributed by atoms with Gasteiger partial charge in [-0.2, -0.15) is 10.2 Å². The van der Waals surface area contributed by atoms with E-state index in [9.17, 15) is 4.79 Å². The molecule has 0 spiro atoms. The molecule has 2 aromatic rings. The van der Waals surface area contributed by atoms with Crippen LogP contribution in [0, 0.1) is 6.92 Å². The zero-order valence-corrected chi connectivity index (χ0v) is 16.6. The number of hydrogen-bond donors (Lipinski definition) is 0. The van der Waals surface area contributed by atoms with E-state index >= 15 is 0 Å². The van der Waals surface area contributed by atoms with E-state index in [1.54, 1.807) is 4.90 Å². The molecule has 9 nitrogen and oxygen atoms in total. The van der Waals surface area contributed by atoms with E-state index in [0.717, 1.165) is 55.4 Å². The second-order valence-electron chi connectivity index (χ2n) is 7.27. The first-order valence-electron chi connectivity index (χ1n) is 9.63. The Hall–Kier alpha value is -2.68. The van der Waals surface area contributed by atoms with E-state index < -0.39 is 0 Å². The van der Waals surface area contributed by atoms with Crippen LogP contribution in [0.25, 0.3) is 0 Å². The van der Waals surface area contributed by atoms with Gasteiger partial charge in [-0.05, 0) is 31.9 Å². The molecule has 2 aliphatic rings. The molecule has 4 rings (SSSR count). The van der Waals surface area contributed by atoms with Crippen molar-refractivity contribution in [1.29, 1.82) is 0 Å². The van der Waals surface area contributed by atoms with Gasteiger partial charge in [0.1, 0.15) is 0 Å². The Balaban J connectivity index is 1.73. The Labute approximate surface area is 164 Å². The average Bonchev–Trinajstić information content (AvgIpc) is 3.12. The maximum atomic E-state index is 12.1. The highest BCUT2D eigenvalue weighted by Crippen LogP contribution is 2.35. The summed E-state index contributed by atoms with van der Waals surface area (Å²) in [5.74, 6) is 1.54.